The van der Waals surface area contributed by atoms with Gasteiger partial charge >= 0.3 is 0 Å². The average Bonchev–Trinajstić information content (AvgIpc) is 2.42. The van der Waals surface area contributed by atoms with Crippen LogP contribution < -0.4 is 4.74 Å². The number of halogens is 1. The number of ether oxygens (including phenoxy) is 1. The Morgan fingerprint density at radius 1 is 1.45 bits per heavy atom. The van der Waals surface area contributed by atoms with Gasteiger partial charge in [0.05, 0.1) is 17.7 Å². The second-order valence-electron chi connectivity index (χ2n) is 5.63. The maximum absolute atomic E-state index is 9.51. The summed E-state index contributed by atoms with van der Waals surface area (Å²) in [4.78, 5) is 2.42. The van der Waals surface area contributed by atoms with Crippen LogP contribution in [-0.4, -0.2) is 36.2 Å². The first kappa shape index (κ1) is 15.6. The number of likely N-dealkylation sites (tertiary alicyclic amines) is 1. The maximum atomic E-state index is 9.51. The highest BCUT2D eigenvalue weighted by Gasteiger charge is 2.18. The van der Waals surface area contributed by atoms with Crippen molar-refractivity contribution in [2.24, 2.45) is 0 Å². The molecule has 0 aliphatic carbocycles. The Bertz CT molecular complexity index is 436. The molecule has 1 N–H and O–H groups in total. The second-order valence-corrected chi connectivity index (χ2v) is 6.04. The van der Waals surface area contributed by atoms with E-state index < -0.39 is 6.10 Å². The quantitative estimate of drug-likeness (QED) is 0.900. The third-order valence-electron chi connectivity index (χ3n) is 4.07. The highest BCUT2D eigenvalue weighted by atomic mass is 35.5. The van der Waals surface area contributed by atoms with Gasteiger partial charge in [-0.3, -0.25) is 0 Å². The number of rotatable bonds is 5. The van der Waals surface area contributed by atoms with Crippen molar-refractivity contribution < 1.29 is 9.84 Å². The molecule has 20 heavy (non-hydrogen) atoms. The van der Waals surface area contributed by atoms with Gasteiger partial charge in [-0.05, 0) is 57.5 Å². The van der Waals surface area contributed by atoms with Crippen LogP contribution in [0, 0.1) is 0 Å². The summed E-state index contributed by atoms with van der Waals surface area (Å²) in [5, 5.41) is 10.1. The fourth-order valence-corrected chi connectivity index (χ4v) is 2.95. The van der Waals surface area contributed by atoms with E-state index in [-0.39, 0.29) is 0 Å². The van der Waals surface area contributed by atoms with E-state index in [1.807, 2.05) is 12.1 Å². The molecule has 1 aromatic carbocycles. The predicted molar refractivity (Wildman–Crippen MR) is 82.5 cm³/mol. The van der Waals surface area contributed by atoms with Gasteiger partial charge in [-0.15, -0.1) is 0 Å². The molecule has 0 radical (unpaired) electrons. The predicted octanol–water partition coefficient (Wildman–Crippen LogP) is 3.65. The molecule has 1 aromatic rings. The number of nitrogens with zero attached hydrogens (tertiary/aromatic N) is 1. The molecule has 1 fully saturated rings. The summed E-state index contributed by atoms with van der Waals surface area (Å²) in [7, 11) is 2.19. The van der Waals surface area contributed by atoms with E-state index >= 15 is 0 Å². The van der Waals surface area contributed by atoms with Crippen molar-refractivity contribution in [1.29, 1.82) is 0 Å². The van der Waals surface area contributed by atoms with Crippen molar-refractivity contribution in [2.45, 2.75) is 44.8 Å². The Labute approximate surface area is 126 Å². The van der Waals surface area contributed by atoms with E-state index in [0.717, 1.165) is 12.0 Å². The van der Waals surface area contributed by atoms with E-state index in [2.05, 4.69) is 11.9 Å². The van der Waals surface area contributed by atoms with Gasteiger partial charge in [0.15, 0.2) is 0 Å². The van der Waals surface area contributed by atoms with Gasteiger partial charge < -0.3 is 14.7 Å². The van der Waals surface area contributed by atoms with Crippen molar-refractivity contribution in [2.75, 3.05) is 20.2 Å². The fourth-order valence-electron chi connectivity index (χ4n) is 2.71. The first-order valence-corrected chi connectivity index (χ1v) is 7.76. The lowest BCUT2D eigenvalue weighted by Crippen LogP contribution is -2.37. The zero-order valence-electron chi connectivity index (χ0n) is 12.3. The monoisotopic (exact) mass is 297 g/mol. The minimum Gasteiger partial charge on any atom is -0.492 e. The van der Waals surface area contributed by atoms with E-state index in [1.165, 1.54) is 25.8 Å². The van der Waals surface area contributed by atoms with Crippen molar-refractivity contribution >= 4 is 11.6 Å². The van der Waals surface area contributed by atoms with E-state index in [4.69, 9.17) is 16.3 Å². The topological polar surface area (TPSA) is 32.7 Å². The van der Waals surface area contributed by atoms with Gasteiger partial charge in [0.2, 0.25) is 0 Å². The SMILES string of the molecule is CC(O)c1ccc(OCCC2CCCCN2C)c(Cl)c1. The lowest BCUT2D eigenvalue weighted by molar-refractivity contribution is 0.153. The Kier molecular flexibility index (Phi) is 5.70. The first-order chi connectivity index (χ1) is 9.58. The number of hydrogen-bond donors (Lipinski definition) is 1. The van der Waals surface area contributed by atoms with Crippen LogP contribution in [0.3, 0.4) is 0 Å². The van der Waals surface area contributed by atoms with E-state index in [1.54, 1.807) is 13.0 Å². The second kappa shape index (κ2) is 7.30. The van der Waals surface area contributed by atoms with Crippen molar-refractivity contribution in [3.63, 3.8) is 0 Å². The number of benzene rings is 1. The molecule has 0 spiro atoms. The molecule has 2 rings (SSSR count). The minimum absolute atomic E-state index is 0.502. The first-order valence-electron chi connectivity index (χ1n) is 7.38. The Balaban J connectivity index is 1.84. The third-order valence-corrected chi connectivity index (χ3v) is 4.36. The lowest BCUT2D eigenvalue weighted by Gasteiger charge is -2.32. The molecule has 3 nitrogen and oxygen atoms in total. The molecule has 0 bridgehead atoms. The minimum atomic E-state index is -0.502. The molecule has 112 valence electrons. The zero-order valence-corrected chi connectivity index (χ0v) is 13.1. The largest absolute Gasteiger partial charge is 0.492 e. The van der Waals surface area contributed by atoms with Gasteiger partial charge in [-0.25, -0.2) is 0 Å². The van der Waals surface area contributed by atoms with Crippen LogP contribution in [-0.2, 0) is 0 Å². The van der Waals surface area contributed by atoms with Crippen LogP contribution in [0.2, 0.25) is 5.02 Å². The molecule has 1 aliphatic heterocycles. The molecule has 2 atom stereocenters. The van der Waals surface area contributed by atoms with Gasteiger partial charge in [0, 0.05) is 6.04 Å². The van der Waals surface area contributed by atoms with Gasteiger partial charge in [-0.2, -0.15) is 0 Å². The lowest BCUT2D eigenvalue weighted by atomic mass is 10.0. The number of aliphatic hydroxyl groups is 1. The summed E-state index contributed by atoms with van der Waals surface area (Å²) >= 11 is 6.18. The summed E-state index contributed by atoms with van der Waals surface area (Å²) in [5.41, 5.74) is 0.814. The van der Waals surface area contributed by atoms with Crippen LogP contribution >= 0.6 is 11.6 Å². The molecule has 2 unspecified atom stereocenters. The summed E-state index contributed by atoms with van der Waals surface area (Å²) in [5.74, 6) is 0.703. The molecule has 0 aromatic heterocycles. The van der Waals surface area contributed by atoms with Crippen molar-refractivity contribution in [3.05, 3.63) is 28.8 Å². The Hall–Kier alpha value is -0.770. The highest BCUT2D eigenvalue weighted by Crippen LogP contribution is 2.28. The third kappa shape index (κ3) is 4.11. The summed E-state index contributed by atoms with van der Waals surface area (Å²) in [6.07, 6.45) is 4.41. The number of aliphatic hydroxyl groups excluding tert-OH is 1. The van der Waals surface area contributed by atoms with Crippen LogP contribution in [0.1, 0.15) is 44.3 Å². The molecule has 0 amide bonds. The highest BCUT2D eigenvalue weighted by molar-refractivity contribution is 6.32. The number of piperidine rings is 1. The number of hydrogen-bond acceptors (Lipinski definition) is 3. The maximum Gasteiger partial charge on any atom is 0.137 e. The van der Waals surface area contributed by atoms with Crippen molar-refractivity contribution in [1.82, 2.24) is 4.90 Å². The van der Waals surface area contributed by atoms with Crippen LogP contribution in [0.25, 0.3) is 0 Å². The molecule has 1 aliphatic rings. The molecule has 4 heteroatoms. The summed E-state index contributed by atoms with van der Waals surface area (Å²) in [6.45, 7) is 3.60. The van der Waals surface area contributed by atoms with Gasteiger partial charge in [0.1, 0.15) is 5.75 Å². The van der Waals surface area contributed by atoms with E-state index in [9.17, 15) is 5.11 Å². The normalized spacial score (nSPS) is 21.7. The van der Waals surface area contributed by atoms with Gasteiger partial charge in [-0.1, -0.05) is 24.1 Å². The standard InChI is InChI=1S/C16H24ClNO2/c1-12(19)13-6-7-16(15(17)11-13)20-10-8-14-5-3-4-9-18(14)2/h6-7,11-12,14,19H,3-5,8-10H2,1-2H3. The zero-order chi connectivity index (χ0) is 14.5. The molecule has 1 heterocycles. The van der Waals surface area contributed by atoms with Crippen LogP contribution in [0.5, 0.6) is 5.75 Å². The smallest absolute Gasteiger partial charge is 0.137 e. The van der Waals surface area contributed by atoms with Gasteiger partial charge in [0.25, 0.3) is 0 Å². The molecular formula is C16H24ClNO2. The molecule has 0 saturated carbocycles. The fraction of sp³-hybridized carbons (Fsp3) is 0.625. The van der Waals surface area contributed by atoms with Crippen LogP contribution in [0.4, 0.5) is 0 Å². The summed E-state index contributed by atoms with van der Waals surface area (Å²) in [6, 6.07) is 6.10. The Morgan fingerprint density at radius 2 is 2.25 bits per heavy atom. The van der Waals surface area contributed by atoms with Crippen LogP contribution in [0.15, 0.2) is 18.2 Å². The molecular weight excluding hydrogens is 274 g/mol. The Morgan fingerprint density at radius 3 is 2.90 bits per heavy atom. The summed E-state index contributed by atoms with van der Waals surface area (Å²) < 4.78 is 5.78. The average molecular weight is 298 g/mol. The van der Waals surface area contributed by atoms with Crippen molar-refractivity contribution in [3.8, 4) is 5.75 Å². The molecule has 1 saturated heterocycles. The van der Waals surface area contributed by atoms with E-state index in [0.29, 0.717) is 23.4 Å².